The molecule has 2 fully saturated rings. The van der Waals surface area contributed by atoms with Crippen LogP contribution in [0.3, 0.4) is 0 Å². The van der Waals surface area contributed by atoms with Gasteiger partial charge in [0.1, 0.15) is 0 Å². The van der Waals surface area contributed by atoms with Crippen LogP contribution in [0.25, 0.3) is 0 Å². The maximum Gasteiger partial charge on any atom is 0.242 e. The summed E-state index contributed by atoms with van der Waals surface area (Å²) < 4.78 is 0. The fraction of sp³-hybridized carbons (Fsp3) is 0.846. The van der Waals surface area contributed by atoms with Crippen molar-refractivity contribution in [2.45, 2.75) is 61.9 Å². The second-order valence-electron chi connectivity index (χ2n) is 5.09. The zero-order valence-electron chi connectivity index (χ0n) is 10.5. The molecule has 0 aromatic rings. The molecule has 0 N–H and O–H groups in total. The molecule has 1 aliphatic carbocycles. The van der Waals surface area contributed by atoms with E-state index in [0.29, 0.717) is 11.7 Å². The van der Waals surface area contributed by atoms with Crippen LogP contribution in [0.5, 0.6) is 0 Å². The Morgan fingerprint density at radius 3 is 2.18 bits per heavy atom. The Morgan fingerprint density at radius 1 is 1.06 bits per heavy atom. The van der Waals surface area contributed by atoms with Gasteiger partial charge in [0.05, 0.1) is 5.25 Å². The van der Waals surface area contributed by atoms with Gasteiger partial charge in [-0.2, -0.15) is 0 Å². The van der Waals surface area contributed by atoms with Gasteiger partial charge in [-0.25, -0.2) is 0 Å². The lowest BCUT2D eigenvalue weighted by Crippen LogP contribution is -2.27. The Kier molecular flexibility index (Phi) is 4.48. The summed E-state index contributed by atoms with van der Waals surface area (Å²) in [4.78, 5) is 24.6. The van der Waals surface area contributed by atoms with Crippen molar-refractivity contribution in [3.63, 3.8) is 0 Å². The molecule has 2 amide bonds. The van der Waals surface area contributed by atoms with Crippen LogP contribution in [0.15, 0.2) is 0 Å². The standard InChI is InChI=1S/C13H21NO2S/c1-14-12(15)9-11(13(14)16)17-10-7-5-3-2-4-6-8-10/h10-11H,2-9H2,1H3. The van der Waals surface area contributed by atoms with Gasteiger partial charge in [-0.3, -0.25) is 14.5 Å². The zero-order chi connectivity index (χ0) is 12.3. The summed E-state index contributed by atoms with van der Waals surface area (Å²) in [6.07, 6.45) is 9.42. The van der Waals surface area contributed by atoms with Crippen LogP contribution < -0.4 is 0 Å². The quantitative estimate of drug-likeness (QED) is 0.712. The molecule has 0 aromatic carbocycles. The van der Waals surface area contributed by atoms with Gasteiger partial charge in [-0.05, 0) is 12.8 Å². The maximum absolute atomic E-state index is 11.8. The van der Waals surface area contributed by atoms with Gasteiger partial charge < -0.3 is 0 Å². The molecule has 0 aromatic heterocycles. The Balaban J connectivity index is 1.87. The van der Waals surface area contributed by atoms with Crippen molar-refractivity contribution in [2.24, 2.45) is 0 Å². The molecule has 0 bridgehead atoms. The highest BCUT2D eigenvalue weighted by molar-refractivity contribution is 8.01. The average Bonchev–Trinajstić information content (AvgIpc) is 2.50. The molecule has 1 atom stereocenters. The zero-order valence-corrected chi connectivity index (χ0v) is 11.3. The van der Waals surface area contributed by atoms with Crippen molar-refractivity contribution < 1.29 is 9.59 Å². The minimum Gasteiger partial charge on any atom is -0.285 e. The van der Waals surface area contributed by atoms with Crippen LogP contribution in [0.2, 0.25) is 0 Å². The Labute approximate surface area is 107 Å². The third-order valence-corrected chi connectivity index (χ3v) is 5.30. The third-order valence-electron chi connectivity index (χ3n) is 3.75. The van der Waals surface area contributed by atoms with Crippen LogP contribution in [0.1, 0.15) is 51.4 Å². The van der Waals surface area contributed by atoms with E-state index >= 15 is 0 Å². The van der Waals surface area contributed by atoms with E-state index < -0.39 is 0 Å². The summed E-state index contributed by atoms with van der Waals surface area (Å²) in [5.74, 6) is 0.000374. The number of imide groups is 1. The highest BCUT2D eigenvalue weighted by Gasteiger charge is 2.37. The number of likely N-dealkylation sites (tertiary alicyclic amines) is 1. The van der Waals surface area contributed by atoms with E-state index in [0.717, 1.165) is 0 Å². The molecule has 1 saturated carbocycles. The summed E-state index contributed by atoms with van der Waals surface area (Å²) in [6.45, 7) is 0. The highest BCUT2D eigenvalue weighted by Crippen LogP contribution is 2.34. The predicted octanol–water partition coefficient (Wildman–Crippen LogP) is 2.59. The molecule has 96 valence electrons. The molecule has 4 heteroatoms. The molecular weight excluding hydrogens is 234 g/mol. The van der Waals surface area contributed by atoms with Gasteiger partial charge in [0, 0.05) is 18.7 Å². The monoisotopic (exact) mass is 255 g/mol. The first-order chi connectivity index (χ1) is 8.18. The summed E-state index contributed by atoms with van der Waals surface area (Å²) in [6, 6.07) is 0. The van der Waals surface area contributed by atoms with Crippen LogP contribution in [-0.2, 0) is 9.59 Å². The van der Waals surface area contributed by atoms with Gasteiger partial charge in [0.15, 0.2) is 0 Å². The maximum atomic E-state index is 11.8. The fourth-order valence-corrected chi connectivity index (χ4v) is 4.20. The van der Waals surface area contributed by atoms with Gasteiger partial charge >= 0.3 is 0 Å². The van der Waals surface area contributed by atoms with Crippen molar-refractivity contribution >= 4 is 23.6 Å². The molecule has 1 unspecified atom stereocenters. The smallest absolute Gasteiger partial charge is 0.242 e. The summed E-state index contributed by atoms with van der Waals surface area (Å²) in [5, 5.41) is 0.487. The first-order valence-corrected chi connectivity index (χ1v) is 7.58. The Hall–Kier alpha value is -0.510. The molecule has 2 aliphatic rings. The van der Waals surface area contributed by atoms with Crippen molar-refractivity contribution in [1.82, 2.24) is 4.90 Å². The molecular formula is C13H21NO2S. The highest BCUT2D eigenvalue weighted by atomic mass is 32.2. The fourth-order valence-electron chi connectivity index (χ4n) is 2.62. The number of carbonyl (C=O) groups excluding carboxylic acids is 2. The van der Waals surface area contributed by atoms with E-state index in [9.17, 15) is 9.59 Å². The molecule has 0 spiro atoms. The van der Waals surface area contributed by atoms with Crippen LogP contribution in [-0.4, -0.2) is 34.3 Å². The summed E-state index contributed by atoms with van der Waals surface area (Å²) in [7, 11) is 1.60. The Bertz CT molecular complexity index is 298. The number of rotatable bonds is 2. The lowest BCUT2D eigenvalue weighted by atomic mass is 10.0. The van der Waals surface area contributed by atoms with Gasteiger partial charge in [-0.15, -0.1) is 11.8 Å². The van der Waals surface area contributed by atoms with Crippen molar-refractivity contribution in [3.8, 4) is 0 Å². The van der Waals surface area contributed by atoms with Crippen LogP contribution in [0.4, 0.5) is 0 Å². The summed E-state index contributed by atoms with van der Waals surface area (Å²) >= 11 is 1.75. The van der Waals surface area contributed by atoms with E-state index in [1.54, 1.807) is 18.8 Å². The van der Waals surface area contributed by atoms with E-state index in [-0.39, 0.29) is 17.1 Å². The van der Waals surface area contributed by atoms with Gasteiger partial charge in [0.25, 0.3) is 0 Å². The van der Waals surface area contributed by atoms with E-state index in [1.165, 1.54) is 49.8 Å². The normalized spacial score (nSPS) is 28.3. The minimum absolute atomic E-state index is 0.0154. The van der Waals surface area contributed by atoms with E-state index in [2.05, 4.69) is 0 Å². The van der Waals surface area contributed by atoms with Gasteiger partial charge in [-0.1, -0.05) is 32.1 Å². The van der Waals surface area contributed by atoms with Crippen molar-refractivity contribution in [3.05, 3.63) is 0 Å². The first kappa shape index (κ1) is 12.9. The molecule has 3 nitrogen and oxygen atoms in total. The number of carbonyl (C=O) groups is 2. The average molecular weight is 255 g/mol. The second-order valence-corrected chi connectivity index (χ2v) is 6.59. The predicted molar refractivity (Wildman–Crippen MR) is 69.9 cm³/mol. The Morgan fingerprint density at radius 2 is 1.65 bits per heavy atom. The largest absolute Gasteiger partial charge is 0.285 e. The lowest BCUT2D eigenvalue weighted by molar-refractivity contribution is -0.136. The van der Waals surface area contributed by atoms with Crippen molar-refractivity contribution in [2.75, 3.05) is 7.05 Å². The van der Waals surface area contributed by atoms with Crippen LogP contribution >= 0.6 is 11.8 Å². The number of amides is 2. The van der Waals surface area contributed by atoms with Crippen molar-refractivity contribution in [1.29, 1.82) is 0 Å². The topological polar surface area (TPSA) is 37.4 Å². The molecule has 1 saturated heterocycles. The van der Waals surface area contributed by atoms with Gasteiger partial charge in [0.2, 0.25) is 11.8 Å². The molecule has 1 aliphatic heterocycles. The van der Waals surface area contributed by atoms with E-state index in [1.807, 2.05) is 0 Å². The third kappa shape index (κ3) is 3.24. The number of hydrogen-bond acceptors (Lipinski definition) is 3. The molecule has 2 rings (SSSR count). The lowest BCUT2D eigenvalue weighted by Gasteiger charge is -2.21. The van der Waals surface area contributed by atoms with E-state index in [4.69, 9.17) is 0 Å². The minimum atomic E-state index is -0.100. The number of hydrogen-bond donors (Lipinski definition) is 0. The first-order valence-electron chi connectivity index (χ1n) is 6.64. The molecule has 17 heavy (non-hydrogen) atoms. The number of nitrogens with zero attached hydrogens (tertiary/aromatic N) is 1. The second kappa shape index (κ2) is 5.89. The molecule has 0 radical (unpaired) electrons. The molecule has 1 heterocycles. The SMILES string of the molecule is CN1C(=O)CC(SC2CCCCCCC2)C1=O. The summed E-state index contributed by atoms with van der Waals surface area (Å²) in [5.41, 5.74) is 0. The number of thioether (sulfide) groups is 1. The van der Waals surface area contributed by atoms with Crippen LogP contribution in [0, 0.1) is 0 Å².